The zero-order chi connectivity index (χ0) is 15.2. The number of carbonyl (C=O) groups excluding carboxylic acids is 2. The molecule has 0 bridgehead atoms. The zero-order valence-corrected chi connectivity index (χ0v) is 12.7. The first kappa shape index (κ1) is 15.4. The summed E-state index contributed by atoms with van der Waals surface area (Å²) < 4.78 is 0. The molecule has 0 aliphatic carbocycles. The molecule has 1 aromatic carbocycles. The molecule has 5 heteroatoms. The Morgan fingerprint density at radius 1 is 1.43 bits per heavy atom. The maximum Gasteiger partial charge on any atom is 0.251 e. The Labute approximate surface area is 125 Å². The lowest BCUT2D eigenvalue weighted by molar-refractivity contribution is -0.119. The number of benzene rings is 1. The van der Waals surface area contributed by atoms with Crippen LogP contribution in [-0.2, 0) is 4.79 Å². The van der Waals surface area contributed by atoms with Crippen LogP contribution in [0.2, 0.25) is 0 Å². The molecule has 5 nitrogen and oxygen atoms in total. The molecule has 2 rings (SSSR count). The van der Waals surface area contributed by atoms with Gasteiger partial charge in [0.2, 0.25) is 5.91 Å². The molecule has 1 saturated heterocycles. The first-order valence-corrected chi connectivity index (χ1v) is 7.52. The summed E-state index contributed by atoms with van der Waals surface area (Å²) in [6.45, 7) is 5.46. The lowest BCUT2D eigenvalue weighted by Crippen LogP contribution is -2.38. The van der Waals surface area contributed by atoms with E-state index in [-0.39, 0.29) is 17.9 Å². The van der Waals surface area contributed by atoms with Crippen LogP contribution in [0.15, 0.2) is 18.2 Å². The maximum absolute atomic E-state index is 12.2. The van der Waals surface area contributed by atoms with Crippen molar-refractivity contribution in [3.8, 4) is 0 Å². The van der Waals surface area contributed by atoms with E-state index in [1.165, 1.54) is 0 Å². The molecule has 1 heterocycles. The highest BCUT2D eigenvalue weighted by atomic mass is 16.2. The van der Waals surface area contributed by atoms with Crippen LogP contribution < -0.4 is 16.0 Å². The zero-order valence-electron chi connectivity index (χ0n) is 12.7. The lowest BCUT2D eigenvalue weighted by atomic mass is 10.1. The number of anilines is 1. The van der Waals surface area contributed by atoms with Crippen molar-refractivity contribution in [3.05, 3.63) is 29.3 Å². The first-order valence-electron chi connectivity index (χ1n) is 7.52. The molecule has 1 unspecified atom stereocenters. The molecule has 1 atom stereocenters. The van der Waals surface area contributed by atoms with Crippen LogP contribution in [-0.4, -0.2) is 30.9 Å². The summed E-state index contributed by atoms with van der Waals surface area (Å²) in [4.78, 5) is 23.3. The molecule has 0 radical (unpaired) electrons. The minimum absolute atomic E-state index is 0.0623. The number of carbonyl (C=O) groups is 2. The standard InChI is InChI=1S/C16H23N3O2/c1-3-8-17-12-4-6-14(11(2)9-12)16(21)18-10-13-5-7-15(20)19-13/h4,6,9,13,17H,3,5,7-8,10H2,1-2H3,(H,18,21)(H,19,20). The average Bonchev–Trinajstić information content (AvgIpc) is 2.88. The van der Waals surface area contributed by atoms with Crippen molar-refractivity contribution in [1.82, 2.24) is 10.6 Å². The first-order chi connectivity index (χ1) is 10.1. The smallest absolute Gasteiger partial charge is 0.251 e. The van der Waals surface area contributed by atoms with Crippen molar-refractivity contribution in [1.29, 1.82) is 0 Å². The fourth-order valence-corrected chi connectivity index (χ4v) is 2.44. The van der Waals surface area contributed by atoms with E-state index in [0.29, 0.717) is 18.5 Å². The summed E-state index contributed by atoms with van der Waals surface area (Å²) in [5, 5.41) is 9.04. The number of rotatable bonds is 6. The van der Waals surface area contributed by atoms with Gasteiger partial charge in [0, 0.05) is 36.8 Å². The Morgan fingerprint density at radius 3 is 2.86 bits per heavy atom. The van der Waals surface area contributed by atoms with Crippen molar-refractivity contribution in [3.63, 3.8) is 0 Å². The molecule has 114 valence electrons. The molecule has 21 heavy (non-hydrogen) atoms. The van der Waals surface area contributed by atoms with Gasteiger partial charge in [0.05, 0.1) is 0 Å². The fraction of sp³-hybridized carbons (Fsp3) is 0.500. The van der Waals surface area contributed by atoms with E-state index in [1.54, 1.807) is 0 Å². The van der Waals surface area contributed by atoms with Gasteiger partial charge in [0.25, 0.3) is 5.91 Å². The third-order valence-electron chi connectivity index (χ3n) is 3.64. The van der Waals surface area contributed by atoms with Crippen LogP contribution >= 0.6 is 0 Å². The second-order valence-electron chi connectivity index (χ2n) is 5.47. The van der Waals surface area contributed by atoms with Crippen LogP contribution in [0.5, 0.6) is 0 Å². The third kappa shape index (κ3) is 4.21. The van der Waals surface area contributed by atoms with Crippen molar-refractivity contribution in [2.24, 2.45) is 0 Å². The van der Waals surface area contributed by atoms with Crippen molar-refractivity contribution in [2.75, 3.05) is 18.4 Å². The quantitative estimate of drug-likeness (QED) is 0.748. The molecule has 0 saturated carbocycles. The monoisotopic (exact) mass is 289 g/mol. The molecular formula is C16H23N3O2. The topological polar surface area (TPSA) is 70.2 Å². The van der Waals surface area contributed by atoms with Gasteiger partial charge in [0.1, 0.15) is 0 Å². The van der Waals surface area contributed by atoms with Crippen LogP contribution in [0.1, 0.15) is 42.1 Å². The Balaban J connectivity index is 1.91. The normalized spacial score (nSPS) is 17.4. The predicted molar refractivity (Wildman–Crippen MR) is 83.5 cm³/mol. The van der Waals surface area contributed by atoms with Crippen LogP contribution in [0.4, 0.5) is 5.69 Å². The van der Waals surface area contributed by atoms with Gasteiger partial charge in [-0.1, -0.05) is 6.92 Å². The Morgan fingerprint density at radius 2 is 2.24 bits per heavy atom. The summed E-state index contributed by atoms with van der Waals surface area (Å²) in [6.07, 6.45) is 2.41. The highest BCUT2D eigenvalue weighted by molar-refractivity contribution is 5.96. The van der Waals surface area contributed by atoms with E-state index >= 15 is 0 Å². The number of hydrogen-bond donors (Lipinski definition) is 3. The summed E-state index contributed by atoms with van der Waals surface area (Å²) in [5.41, 5.74) is 2.67. The molecule has 0 aromatic heterocycles. The van der Waals surface area contributed by atoms with E-state index < -0.39 is 0 Å². The fourth-order valence-electron chi connectivity index (χ4n) is 2.44. The lowest BCUT2D eigenvalue weighted by Gasteiger charge is -2.13. The number of aryl methyl sites for hydroxylation is 1. The van der Waals surface area contributed by atoms with Crippen LogP contribution in [0.3, 0.4) is 0 Å². The number of hydrogen-bond acceptors (Lipinski definition) is 3. The molecule has 0 spiro atoms. The molecule has 3 N–H and O–H groups in total. The second kappa shape index (κ2) is 7.11. The second-order valence-corrected chi connectivity index (χ2v) is 5.47. The summed E-state index contributed by atoms with van der Waals surface area (Å²) in [5.74, 6) is -0.0209. The number of nitrogens with one attached hydrogen (secondary N) is 3. The van der Waals surface area contributed by atoms with Gasteiger partial charge < -0.3 is 16.0 Å². The van der Waals surface area contributed by atoms with Crippen molar-refractivity contribution >= 4 is 17.5 Å². The van der Waals surface area contributed by atoms with Gasteiger partial charge in [-0.3, -0.25) is 9.59 Å². The molecule has 1 aromatic rings. The SMILES string of the molecule is CCCNc1ccc(C(=O)NCC2CCC(=O)N2)c(C)c1. The van der Waals surface area contributed by atoms with Crippen LogP contribution in [0, 0.1) is 6.92 Å². The van der Waals surface area contributed by atoms with Crippen LogP contribution in [0.25, 0.3) is 0 Å². The molecule has 2 amide bonds. The van der Waals surface area contributed by atoms with E-state index in [1.807, 2.05) is 25.1 Å². The van der Waals surface area contributed by atoms with Gasteiger partial charge in [-0.15, -0.1) is 0 Å². The Hall–Kier alpha value is -2.04. The minimum atomic E-state index is -0.0873. The molecular weight excluding hydrogens is 266 g/mol. The highest BCUT2D eigenvalue weighted by Gasteiger charge is 2.21. The van der Waals surface area contributed by atoms with E-state index in [4.69, 9.17) is 0 Å². The van der Waals surface area contributed by atoms with Gasteiger partial charge in [-0.2, -0.15) is 0 Å². The van der Waals surface area contributed by atoms with Gasteiger partial charge in [-0.25, -0.2) is 0 Å². The van der Waals surface area contributed by atoms with Gasteiger partial charge in [0.15, 0.2) is 0 Å². The Kier molecular flexibility index (Phi) is 5.20. The van der Waals surface area contributed by atoms with Crippen molar-refractivity contribution in [2.45, 2.75) is 39.2 Å². The molecule has 1 aliphatic rings. The van der Waals surface area contributed by atoms with Crippen molar-refractivity contribution < 1.29 is 9.59 Å². The van der Waals surface area contributed by atoms with E-state index in [9.17, 15) is 9.59 Å². The summed E-state index contributed by atoms with van der Waals surface area (Å²) in [7, 11) is 0. The largest absolute Gasteiger partial charge is 0.385 e. The van der Waals surface area contributed by atoms with Gasteiger partial charge in [-0.05, 0) is 43.5 Å². The summed E-state index contributed by atoms with van der Waals surface area (Å²) in [6, 6.07) is 5.82. The maximum atomic E-state index is 12.2. The summed E-state index contributed by atoms with van der Waals surface area (Å²) >= 11 is 0. The molecule has 1 fully saturated rings. The number of amides is 2. The average molecular weight is 289 g/mol. The molecule has 1 aliphatic heterocycles. The minimum Gasteiger partial charge on any atom is -0.385 e. The Bertz CT molecular complexity index is 528. The third-order valence-corrected chi connectivity index (χ3v) is 3.64. The van der Waals surface area contributed by atoms with Gasteiger partial charge >= 0.3 is 0 Å². The predicted octanol–water partition coefficient (Wildman–Crippen LogP) is 1.83. The van der Waals surface area contributed by atoms with E-state index in [0.717, 1.165) is 30.6 Å². The highest BCUT2D eigenvalue weighted by Crippen LogP contribution is 2.15. The van der Waals surface area contributed by atoms with E-state index in [2.05, 4.69) is 22.9 Å².